The maximum absolute atomic E-state index is 11.4. The van der Waals surface area contributed by atoms with Crippen molar-refractivity contribution >= 4 is 56.2 Å². The van der Waals surface area contributed by atoms with Crippen LogP contribution in [0, 0.1) is 20.2 Å². The molecule has 0 aliphatic heterocycles. The van der Waals surface area contributed by atoms with Crippen molar-refractivity contribution in [1.29, 1.82) is 0 Å². The lowest BCUT2D eigenvalue weighted by Crippen LogP contribution is -2.07. The third-order valence-corrected chi connectivity index (χ3v) is 5.64. The molecule has 0 atom stereocenters. The fourth-order valence-corrected chi connectivity index (χ4v) is 4.36. The second kappa shape index (κ2) is 9.19. The molecule has 0 aliphatic carbocycles. The molecule has 0 spiro atoms. The number of carbonyl (C=O) groups excluding carboxylic acids is 2. The van der Waals surface area contributed by atoms with Crippen molar-refractivity contribution in [3.63, 3.8) is 0 Å². The molecular weight excluding hydrogens is 408 g/mol. The van der Waals surface area contributed by atoms with Crippen LogP contribution < -0.4 is 10.6 Å². The van der Waals surface area contributed by atoms with Crippen molar-refractivity contribution in [3.05, 3.63) is 56.6 Å². The molecule has 0 bridgehead atoms. The summed E-state index contributed by atoms with van der Waals surface area (Å²) in [4.78, 5) is 44.4. The summed E-state index contributed by atoms with van der Waals surface area (Å²) < 4.78 is 0. The van der Waals surface area contributed by atoms with Crippen LogP contribution in [0.4, 0.5) is 22.7 Å². The Morgan fingerprint density at radius 3 is 1.43 bits per heavy atom. The van der Waals surface area contributed by atoms with Crippen LogP contribution in [0.1, 0.15) is 13.8 Å². The summed E-state index contributed by atoms with van der Waals surface area (Å²) in [6.07, 6.45) is 0. The second-order valence-electron chi connectivity index (χ2n) is 5.40. The van der Waals surface area contributed by atoms with Crippen molar-refractivity contribution in [2.24, 2.45) is 0 Å². The molecule has 0 radical (unpaired) electrons. The van der Waals surface area contributed by atoms with E-state index in [9.17, 15) is 29.8 Å². The number of nitro benzene ring substituents is 2. The Kier molecular flexibility index (Phi) is 6.95. The van der Waals surface area contributed by atoms with Gasteiger partial charge in [0.05, 0.1) is 21.2 Å². The molecule has 0 aliphatic rings. The first kappa shape index (κ1) is 21.2. The van der Waals surface area contributed by atoms with E-state index in [0.29, 0.717) is 21.2 Å². The van der Waals surface area contributed by atoms with Crippen LogP contribution in [-0.2, 0) is 9.59 Å². The molecule has 10 nitrogen and oxygen atoms in total. The monoisotopic (exact) mass is 422 g/mol. The van der Waals surface area contributed by atoms with E-state index in [1.54, 1.807) is 0 Å². The highest BCUT2D eigenvalue weighted by Crippen LogP contribution is 2.45. The molecule has 28 heavy (non-hydrogen) atoms. The minimum atomic E-state index is -0.567. The van der Waals surface area contributed by atoms with Crippen LogP contribution in [0.2, 0.25) is 0 Å². The number of carbonyl (C=O) groups is 2. The number of benzene rings is 2. The maximum Gasteiger partial charge on any atom is 0.270 e. The average molecular weight is 422 g/mol. The van der Waals surface area contributed by atoms with Crippen LogP contribution >= 0.6 is 21.6 Å². The Labute approximate surface area is 166 Å². The lowest BCUT2D eigenvalue weighted by molar-refractivity contribution is -0.385. The number of nitrogens with one attached hydrogen (secondary N) is 2. The van der Waals surface area contributed by atoms with E-state index in [1.165, 1.54) is 50.2 Å². The molecule has 0 fully saturated rings. The number of hydrogen-bond acceptors (Lipinski definition) is 8. The van der Waals surface area contributed by atoms with Crippen molar-refractivity contribution in [2.75, 3.05) is 10.6 Å². The van der Waals surface area contributed by atoms with E-state index in [4.69, 9.17) is 0 Å². The van der Waals surface area contributed by atoms with Gasteiger partial charge in [-0.05, 0) is 12.1 Å². The highest BCUT2D eigenvalue weighted by Gasteiger charge is 2.16. The molecule has 12 heteroatoms. The number of amides is 2. The molecular formula is C16H14N4O6S2. The number of rotatable bonds is 7. The number of hydrogen-bond donors (Lipinski definition) is 2. The lowest BCUT2D eigenvalue weighted by Gasteiger charge is -2.11. The Morgan fingerprint density at radius 1 is 0.786 bits per heavy atom. The smallest absolute Gasteiger partial charge is 0.270 e. The molecule has 2 aromatic rings. The summed E-state index contributed by atoms with van der Waals surface area (Å²) in [5.41, 5.74) is 0.390. The van der Waals surface area contributed by atoms with Crippen molar-refractivity contribution < 1.29 is 19.4 Å². The first-order chi connectivity index (χ1) is 13.2. The standard InChI is InChI=1S/C16H14N4O6S2/c1-9(21)17-13-5-3-11(19(23)24)7-15(13)27-28-16-8-12(20(25)26)4-6-14(16)18-10(2)22/h3-8H,1-2H3,(H,17,21)(H,18,22). The normalized spacial score (nSPS) is 10.2. The van der Waals surface area contributed by atoms with Crippen LogP contribution in [0.5, 0.6) is 0 Å². The number of non-ortho nitro benzene ring substituents is 2. The van der Waals surface area contributed by atoms with Gasteiger partial charge in [0.25, 0.3) is 11.4 Å². The van der Waals surface area contributed by atoms with E-state index < -0.39 is 9.85 Å². The third kappa shape index (κ3) is 5.69. The van der Waals surface area contributed by atoms with Crippen molar-refractivity contribution in [3.8, 4) is 0 Å². The van der Waals surface area contributed by atoms with Crippen LogP contribution in [-0.4, -0.2) is 21.7 Å². The van der Waals surface area contributed by atoms with E-state index in [0.717, 1.165) is 21.6 Å². The predicted octanol–water partition coefficient (Wildman–Crippen LogP) is 4.22. The maximum atomic E-state index is 11.4. The molecule has 0 unspecified atom stereocenters. The van der Waals surface area contributed by atoms with E-state index in [-0.39, 0.29) is 23.2 Å². The topological polar surface area (TPSA) is 144 Å². The fraction of sp³-hybridized carbons (Fsp3) is 0.125. The van der Waals surface area contributed by atoms with E-state index in [2.05, 4.69) is 10.6 Å². The van der Waals surface area contributed by atoms with Gasteiger partial charge in [-0.25, -0.2) is 0 Å². The Morgan fingerprint density at radius 2 is 1.14 bits per heavy atom. The van der Waals surface area contributed by atoms with Gasteiger partial charge in [0, 0.05) is 47.9 Å². The Bertz CT molecular complexity index is 889. The minimum Gasteiger partial charge on any atom is -0.325 e. The van der Waals surface area contributed by atoms with Crippen LogP contribution in [0.15, 0.2) is 46.2 Å². The first-order valence-corrected chi connectivity index (χ1v) is 9.79. The van der Waals surface area contributed by atoms with E-state index >= 15 is 0 Å². The van der Waals surface area contributed by atoms with Crippen LogP contribution in [0.3, 0.4) is 0 Å². The van der Waals surface area contributed by atoms with Gasteiger partial charge >= 0.3 is 0 Å². The highest BCUT2D eigenvalue weighted by atomic mass is 33.1. The van der Waals surface area contributed by atoms with Gasteiger partial charge in [0.15, 0.2) is 0 Å². The minimum absolute atomic E-state index is 0.168. The summed E-state index contributed by atoms with van der Waals surface area (Å²) >= 11 is 0. The molecule has 2 amide bonds. The molecule has 2 N–H and O–H groups in total. The zero-order chi connectivity index (χ0) is 20.8. The Balaban J connectivity index is 2.38. The van der Waals surface area contributed by atoms with Gasteiger partial charge in [-0.1, -0.05) is 21.6 Å². The summed E-state index contributed by atoms with van der Waals surface area (Å²) in [5.74, 6) is -0.704. The predicted molar refractivity (Wildman–Crippen MR) is 107 cm³/mol. The van der Waals surface area contributed by atoms with Crippen LogP contribution in [0.25, 0.3) is 0 Å². The second-order valence-corrected chi connectivity index (χ2v) is 7.62. The SMILES string of the molecule is CC(=O)Nc1ccc([N+](=O)[O-])cc1SSc1cc([N+](=O)[O-])ccc1NC(C)=O. The Hall–Kier alpha value is -3.12. The summed E-state index contributed by atoms with van der Waals surface area (Å²) in [5, 5.41) is 27.2. The van der Waals surface area contributed by atoms with E-state index in [1.807, 2.05) is 0 Å². The zero-order valence-electron chi connectivity index (χ0n) is 14.6. The largest absolute Gasteiger partial charge is 0.325 e. The third-order valence-electron chi connectivity index (χ3n) is 3.19. The molecule has 146 valence electrons. The molecule has 0 heterocycles. The lowest BCUT2D eigenvalue weighted by atomic mass is 10.3. The highest BCUT2D eigenvalue weighted by molar-refractivity contribution is 8.76. The van der Waals surface area contributed by atoms with Gasteiger partial charge in [-0.2, -0.15) is 0 Å². The van der Waals surface area contributed by atoms with Crippen molar-refractivity contribution in [1.82, 2.24) is 0 Å². The molecule has 0 saturated carbocycles. The number of nitrogens with zero attached hydrogens (tertiary/aromatic N) is 2. The fourth-order valence-electron chi connectivity index (χ4n) is 2.06. The molecule has 0 saturated heterocycles. The van der Waals surface area contributed by atoms with Crippen molar-refractivity contribution in [2.45, 2.75) is 23.6 Å². The number of nitro groups is 2. The zero-order valence-corrected chi connectivity index (χ0v) is 16.3. The summed E-state index contributed by atoms with van der Waals surface area (Å²) in [7, 11) is 2.12. The molecule has 2 rings (SSSR count). The van der Waals surface area contributed by atoms with Gasteiger partial charge < -0.3 is 10.6 Å². The van der Waals surface area contributed by atoms with Gasteiger partial charge in [0.1, 0.15) is 0 Å². The number of anilines is 2. The van der Waals surface area contributed by atoms with Gasteiger partial charge in [-0.3, -0.25) is 29.8 Å². The molecule has 0 aromatic heterocycles. The van der Waals surface area contributed by atoms with Gasteiger partial charge in [0.2, 0.25) is 11.8 Å². The quantitative estimate of drug-likeness (QED) is 0.383. The molecule has 2 aromatic carbocycles. The van der Waals surface area contributed by atoms with Gasteiger partial charge in [-0.15, -0.1) is 0 Å². The first-order valence-electron chi connectivity index (χ1n) is 7.64. The average Bonchev–Trinajstić information content (AvgIpc) is 2.60. The summed E-state index contributed by atoms with van der Waals surface area (Å²) in [6, 6.07) is 7.91. The summed E-state index contributed by atoms with van der Waals surface area (Å²) in [6.45, 7) is 2.61.